The molecule has 0 aromatic rings. The Labute approximate surface area is 195 Å². The molecule has 0 spiro atoms. The second-order valence-corrected chi connectivity index (χ2v) is 9.65. The molecule has 2 unspecified atom stereocenters. The zero-order chi connectivity index (χ0) is 22.6. The maximum absolute atomic E-state index is 13.0. The van der Waals surface area contributed by atoms with Crippen molar-refractivity contribution >= 4 is 18.0 Å². The topological polar surface area (TPSA) is 99.6 Å². The van der Waals surface area contributed by atoms with Gasteiger partial charge in [-0.1, -0.05) is 6.08 Å². The fraction of sp³-hybridized carbons (Fsp3) is 0.708. The molecule has 3 N–H and O–H groups in total. The number of nitrogens with one attached hydrogen (secondary N) is 3. The summed E-state index contributed by atoms with van der Waals surface area (Å²) in [6, 6.07) is 0. The Bertz CT molecular complexity index is 862. The number of nitrogens with zero attached hydrogens (tertiary/aromatic N) is 3. The van der Waals surface area contributed by atoms with Gasteiger partial charge in [0.15, 0.2) is 0 Å². The van der Waals surface area contributed by atoms with Crippen LogP contribution in [0.15, 0.2) is 33.0 Å². The molecule has 2 fully saturated rings. The number of hydrogen-bond donors (Lipinski definition) is 3. The minimum absolute atomic E-state index is 0.0287. The predicted molar refractivity (Wildman–Crippen MR) is 127 cm³/mol. The monoisotopic (exact) mass is 456 g/mol. The van der Waals surface area contributed by atoms with Crippen LogP contribution in [0, 0.1) is 11.8 Å². The number of fused-ring (bicyclic) bond motifs is 2. The van der Waals surface area contributed by atoms with E-state index in [2.05, 4.69) is 31.9 Å². The fourth-order valence-electron chi connectivity index (χ4n) is 5.14. The first-order chi connectivity index (χ1) is 16.2. The van der Waals surface area contributed by atoms with Gasteiger partial charge in [0.2, 0.25) is 5.91 Å². The van der Waals surface area contributed by atoms with Crippen LogP contribution in [0.5, 0.6) is 0 Å². The van der Waals surface area contributed by atoms with Crippen molar-refractivity contribution in [1.82, 2.24) is 20.9 Å². The molecule has 5 rings (SSSR count). The number of rotatable bonds is 4. The first-order valence-electron chi connectivity index (χ1n) is 12.3. The summed E-state index contributed by atoms with van der Waals surface area (Å²) in [6.07, 6.45) is 8.64. The minimum atomic E-state index is -0.318. The first-order valence-corrected chi connectivity index (χ1v) is 12.3. The van der Waals surface area contributed by atoms with Crippen molar-refractivity contribution in [3.8, 4) is 0 Å². The highest BCUT2D eigenvalue weighted by Crippen LogP contribution is 2.33. The summed E-state index contributed by atoms with van der Waals surface area (Å²) in [5.74, 6) is 1.38. The van der Waals surface area contributed by atoms with Crippen LogP contribution in [0.1, 0.15) is 32.1 Å². The molecule has 9 nitrogen and oxygen atoms in total. The summed E-state index contributed by atoms with van der Waals surface area (Å²) in [4.78, 5) is 25.0. The van der Waals surface area contributed by atoms with Gasteiger partial charge < -0.3 is 30.3 Å². The van der Waals surface area contributed by atoms with E-state index in [0.717, 1.165) is 75.0 Å². The Morgan fingerprint density at radius 3 is 3.06 bits per heavy atom. The molecule has 3 heterocycles. The van der Waals surface area contributed by atoms with Gasteiger partial charge in [0.1, 0.15) is 12.0 Å². The van der Waals surface area contributed by atoms with E-state index in [4.69, 9.17) is 14.5 Å². The molecule has 2 aliphatic carbocycles. The molecule has 0 aromatic heterocycles. The summed E-state index contributed by atoms with van der Waals surface area (Å²) < 4.78 is 11.6. The molecule has 3 aliphatic heterocycles. The first kappa shape index (κ1) is 22.7. The highest BCUT2D eigenvalue weighted by atomic mass is 16.5. The van der Waals surface area contributed by atoms with Gasteiger partial charge in [-0.05, 0) is 43.8 Å². The van der Waals surface area contributed by atoms with Gasteiger partial charge in [-0.25, -0.2) is 9.98 Å². The van der Waals surface area contributed by atoms with Gasteiger partial charge in [0, 0.05) is 50.9 Å². The Balaban J connectivity index is 1.44. The minimum Gasteiger partial charge on any atom is -0.380 e. The molecule has 1 saturated carbocycles. The third kappa shape index (κ3) is 5.54. The molecular formula is C24H36N6O3. The summed E-state index contributed by atoms with van der Waals surface area (Å²) in [7, 11) is 1.72. The number of aliphatic imine (C=N–C) groups is 2. The smallest absolute Gasteiger partial charge is 0.230 e. The SMILES string of the molecule is COCC1=CCC2=NC3=C4C(N=CN3)NC(=O)C4CN(CC3CC3)CCCNCCO[C@@H]1C2. The predicted octanol–water partition coefficient (Wildman–Crippen LogP) is 0.800. The van der Waals surface area contributed by atoms with E-state index in [1.165, 1.54) is 18.4 Å². The lowest BCUT2D eigenvalue weighted by molar-refractivity contribution is -0.122. The van der Waals surface area contributed by atoms with Gasteiger partial charge in [-0.15, -0.1) is 0 Å². The van der Waals surface area contributed by atoms with Gasteiger partial charge in [-0.2, -0.15) is 0 Å². The van der Waals surface area contributed by atoms with E-state index >= 15 is 0 Å². The van der Waals surface area contributed by atoms with Crippen molar-refractivity contribution in [2.75, 3.05) is 53.0 Å². The van der Waals surface area contributed by atoms with E-state index in [9.17, 15) is 4.79 Å². The fourth-order valence-corrected chi connectivity index (χ4v) is 5.14. The number of carbonyl (C=O) groups excluding carboxylic acids is 1. The maximum Gasteiger partial charge on any atom is 0.230 e. The third-order valence-electron chi connectivity index (χ3n) is 7.06. The normalized spacial score (nSPS) is 31.4. The van der Waals surface area contributed by atoms with Crippen LogP contribution in [0.3, 0.4) is 0 Å². The van der Waals surface area contributed by atoms with E-state index in [1.54, 1.807) is 13.4 Å². The lowest BCUT2D eigenvalue weighted by Crippen LogP contribution is -2.37. The molecule has 9 heteroatoms. The Morgan fingerprint density at radius 1 is 1.30 bits per heavy atom. The largest absolute Gasteiger partial charge is 0.380 e. The molecule has 0 radical (unpaired) electrons. The van der Waals surface area contributed by atoms with Gasteiger partial charge in [-0.3, -0.25) is 4.79 Å². The number of carbonyl (C=O) groups is 1. The number of hydrogen-bond acceptors (Lipinski definition) is 8. The van der Waals surface area contributed by atoms with E-state index < -0.39 is 0 Å². The molecule has 1 amide bonds. The molecule has 2 bridgehead atoms. The number of allylic oxidation sites excluding steroid dienone is 1. The lowest BCUT2D eigenvalue weighted by atomic mass is 9.94. The van der Waals surface area contributed by atoms with Crippen LogP contribution < -0.4 is 16.0 Å². The highest BCUT2D eigenvalue weighted by Gasteiger charge is 2.42. The Morgan fingerprint density at radius 2 is 2.21 bits per heavy atom. The summed E-state index contributed by atoms with van der Waals surface area (Å²) in [6.45, 7) is 5.78. The van der Waals surface area contributed by atoms with Gasteiger partial charge >= 0.3 is 0 Å². The molecule has 3 atom stereocenters. The van der Waals surface area contributed by atoms with Gasteiger partial charge in [0.05, 0.1) is 31.6 Å². The van der Waals surface area contributed by atoms with Crippen LogP contribution in [0.25, 0.3) is 0 Å². The van der Waals surface area contributed by atoms with Crippen molar-refractivity contribution in [2.45, 2.75) is 44.4 Å². The van der Waals surface area contributed by atoms with Crippen LogP contribution in [0.2, 0.25) is 0 Å². The summed E-state index contributed by atoms with van der Waals surface area (Å²) in [5.41, 5.74) is 3.21. The van der Waals surface area contributed by atoms with E-state index in [0.29, 0.717) is 13.2 Å². The zero-order valence-electron chi connectivity index (χ0n) is 19.5. The lowest BCUT2D eigenvalue weighted by Gasteiger charge is -2.28. The maximum atomic E-state index is 13.0. The summed E-state index contributed by atoms with van der Waals surface area (Å²) in [5, 5.41) is 9.83. The summed E-state index contributed by atoms with van der Waals surface area (Å²) >= 11 is 0. The molecular weight excluding hydrogens is 420 g/mol. The van der Waals surface area contributed by atoms with Crippen LogP contribution >= 0.6 is 0 Å². The Hall–Kier alpha value is -2.07. The van der Waals surface area contributed by atoms with Crippen LogP contribution in [0.4, 0.5) is 0 Å². The molecule has 33 heavy (non-hydrogen) atoms. The van der Waals surface area contributed by atoms with Crippen molar-refractivity contribution in [1.29, 1.82) is 0 Å². The third-order valence-corrected chi connectivity index (χ3v) is 7.06. The van der Waals surface area contributed by atoms with Crippen LogP contribution in [-0.4, -0.2) is 88.2 Å². The average molecular weight is 457 g/mol. The number of amides is 1. The van der Waals surface area contributed by atoms with Gasteiger partial charge in [0.25, 0.3) is 0 Å². The van der Waals surface area contributed by atoms with Crippen molar-refractivity contribution in [3.63, 3.8) is 0 Å². The molecule has 0 aromatic carbocycles. The number of methoxy groups -OCH3 is 1. The van der Waals surface area contributed by atoms with Crippen molar-refractivity contribution < 1.29 is 14.3 Å². The average Bonchev–Trinajstić information content (AvgIpc) is 3.56. The second kappa shape index (κ2) is 10.5. The van der Waals surface area contributed by atoms with Crippen LogP contribution in [-0.2, 0) is 14.3 Å². The Kier molecular flexibility index (Phi) is 7.20. The van der Waals surface area contributed by atoms with E-state index in [-0.39, 0.29) is 24.1 Å². The van der Waals surface area contributed by atoms with Crippen molar-refractivity contribution in [3.05, 3.63) is 23.0 Å². The second-order valence-electron chi connectivity index (χ2n) is 9.65. The van der Waals surface area contributed by atoms with E-state index in [1.807, 2.05) is 0 Å². The highest BCUT2D eigenvalue weighted by molar-refractivity contribution is 5.91. The zero-order valence-corrected chi connectivity index (χ0v) is 19.5. The molecule has 180 valence electrons. The number of ether oxygens (including phenoxy) is 2. The molecule has 1 saturated heterocycles. The standard InChI is InChI=1S/C24H36N6O3/c1-32-14-17-5-6-18-11-20(17)33-10-8-25-7-2-9-30(12-16-3-4-16)13-19-21-22(28-18)26-15-27-23(21)29-24(19)31/h5,15-16,19-20,23,25H,2-4,6-14H2,1H3,(H,26,27)(H,29,31)/t19?,20-,23?/m1/s1. The molecule has 5 aliphatic rings. The van der Waals surface area contributed by atoms with Crippen molar-refractivity contribution in [2.24, 2.45) is 21.8 Å². The quantitative estimate of drug-likeness (QED) is 0.541.